The van der Waals surface area contributed by atoms with Crippen molar-refractivity contribution in [3.63, 3.8) is 0 Å². The van der Waals surface area contributed by atoms with E-state index >= 15 is 0 Å². The zero-order valence-electron chi connectivity index (χ0n) is 5.03. The molecule has 2 aromatic rings. The zero-order valence-corrected chi connectivity index (χ0v) is 6.62. The van der Waals surface area contributed by atoms with Crippen LogP contribution >= 0.6 is 15.9 Å². The van der Waals surface area contributed by atoms with Crippen LogP contribution in [0.2, 0.25) is 0 Å². The molecule has 0 amide bonds. The topological polar surface area (TPSA) is 30.2 Å². The van der Waals surface area contributed by atoms with Crippen LogP contribution in [0.25, 0.3) is 5.52 Å². The molecule has 3 nitrogen and oxygen atoms in total. The molecule has 2 rings (SSSR count). The Kier molecular flexibility index (Phi) is 1.20. The van der Waals surface area contributed by atoms with Crippen molar-refractivity contribution >= 4 is 21.4 Å². The highest BCUT2D eigenvalue weighted by Gasteiger charge is 1.96. The lowest BCUT2D eigenvalue weighted by Crippen LogP contribution is -1.85. The van der Waals surface area contributed by atoms with E-state index < -0.39 is 0 Å². The first-order chi connectivity index (χ1) is 4.88. The maximum Gasteiger partial charge on any atom is 0.117 e. The fraction of sp³-hybridized carbons (Fsp3) is 0. The van der Waals surface area contributed by atoms with Crippen molar-refractivity contribution < 1.29 is 0 Å². The van der Waals surface area contributed by atoms with Gasteiger partial charge in [0.15, 0.2) is 0 Å². The smallest absolute Gasteiger partial charge is 0.117 e. The number of halogens is 1. The summed E-state index contributed by atoms with van der Waals surface area (Å²) in [5.41, 5.74) is 1.04. The molecule has 0 saturated heterocycles. The Bertz CT molecular complexity index is 355. The summed E-state index contributed by atoms with van der Waals surface area (Å²) in [6.07, 6.45) is 5.15. The first kappa shape index (κ1) is 5.85. The van der Waals surface area contributed by atoms with Gasteiger partial charge in [-0.1, -0.05) is 0 Å². The molecule has 0 spiro atoms. The number of rotatable bonds is 0. The first-order valence-corrected chi connectivity index (χ1v) is 3.60. The molecule has 2 aromatic heterocycles. The van der Waals surface area contributed by atoms with Crippen LogP contribution in [0.15, 0.2) is 29.3 Å². The molecule has 0 radical (unpaired) electrons. The summed E-state index contributed by atoms with van der Waals surface area (Å²) in [4.78, 5) is 3.91. The third-order valence-electron chi connectivity index (χ3n) is 1.28. The molecule has 0 aliphatic heterocycles. The number of fused-ring (bicyclic) bond motifs is 1. The first-order valence-electron chi connectivity index (χ1n) is 2.81. The van der Waals surface area contributed by atoms with E-state index in [1.165, 1.54) is 0 Å². The lowest BCUT2D eigenvalue weighted by molar-refractivity contribution is 0.921. The Hall–Kier alpha value is -0.900. The standard InChI is InChI=1S/C6H4BrN3/c7-5-3-9-10-4-8-2-1-6(5)10/h1-4H. The lowest BCUT2D eigenvalue weighted by Gasteiger charge is -1.87. The normalized spacial score (nSPS) is 10.5. The highest BCUT2D eigenvalue weighted by atomic mass is 79.9. The molecule has 0 fully saturated rings. The molecule has 2 heterocycles. The van der Waals surface area contributed by atoms with Crippen molar-refractivity contribution in [1.29, 1.82) is 0 Å². The predicted octanol–water partition coefficient (Wildman–Crippen LogP) is 1.49. The zero-order chi connectivity index (χ0) is 6.97. The molecule has 0 bridgehead atoms. The van der Waals surface area contributed by atoms with Crippen molar-refractivity contribution in [3.8, 4) is 0 Å². The summed E-state index contributed by atoms with van der Waals surface area (Å²) in [6, 6.07) is 1.90. The van der Waals surface area contributed by atoms with E-state index in [1.807, 2.05) is 6.07 Å². The maximum absolute atomic E-state index is 4.03. The summed E-state index contributed by atoms with van der Waals surface area (Å²) >= 11 is 3.36. The average molecular weight is 198 g/mol. The van der Waals surface area contributed by atoms with Gasteiger partial charge in [-0.2, -0.15) is 5.10 Å². The molecule has 50 valence electrons. The minimum absolute atomic E-state index is 0.995. The van der Waals surface area contributed by atoms with Crippen molar-refractivity contribution in [2.75, 3.05) is 0 Å². The van der Waals surface area contributed by atoms with E-state index in [9.17, 15) is 0 Å². The number of nitrogens with zero attached hydrogens (tertiary/aromatic N) is 3. The van der Waals surface area contributed by atoms with Crippen LogP contribution < -0.4 is 0 Å². The molecule has 0 aliphatic rings. The predicted molar refractivity (Wildman–Crippen MR) is 40.7 cm³/mol. The van der Waals surface area contributed by atoms with Gasteiger partial charge in [0.2, 0.25) is 0 Å². The van der Waals surface area contributed by atoms with E-state index in [2.05, 4.69) is 26.0 Å². The van der Waals surface area contributed by atoms with Gasteiger partial charge in [0.25, 0.3) is 0 Å². The fourth-order valence-corrected chi connectivity index (χ4v) is 1.22. The minimum atomic E-state index is 0.995. The number of aromatic nitrogens is 3. The summed E-state index contributed by atoms with van der Waals surface area (Å²) in [6.45, 7) is 0. The second-order valence-electron chi connectivity index (χ2n) is 1.90. The van der Waals surface area contributed by atoms with Crippen LogP contribution in [0.5, 0.6) is 0 Å². The molecule has 4 heteroatoms. The van der Waals surface area contributed by atoms with Gasteiger partial charge in [-0.3, -0.25) is 0 Å². The molecule has 0 aliphatic carbocycles. The summed E-state index contributed by atoms with van der Waals surface area (Å²) in [7, 11) is 0. The molecular formula is C6H4BrN3. The van der Waals surface area contributed by atoms with Gasteiger partial charge >= 0.3 is 0 Å². The highest BCUT2D eigenvalue weighted by Crippen LogP contribution is 2.14. The van der Waals surface area contributed by atoms with Crippen molar-refractivity contribution in [2.45, 2.75) is 0 Å². The van der Waals surface area contributed by atoms with E-state index in [0.717, 1.165) is 9.99 Å². The van der Waals surface area contributed by atoms with E-state index in [-0.39, 0.29) is 0 Å². The van der Waals surface area contributed by atoms with Crippen LogP contribution in [0.4, 0.5) is 0 Å². The summed E-state index contributed by atoms with van der Waals surface area (Å²) < 4.78 is 2.71. The number of hydrogen-bond donors (Lipinski definition) is 0. The number of hydrogen-bond acceptors (Lipinski definition) is 2. The molecule has 0 N–H and O–H groups in total. The monoisotopic (exact) mass is 197 g/mol. The largest absolute Gasteiger partial charge is 0.245 e. The lowest BCUT2D eigenvalue weighted by atomic mass is 10.5. The summed E-state index contributed by atoms with van der Waals surface area (Å²) in [5, 5.41) is 4.03. The Morgan fingerprint density at radius 1 is 1.50 bits per heavy atom. The molecule has 10 heavy (non-hydrogen) atoms. The second-order valence-corrected chi connectivity index (χ2v) is 2.76. The van der Waals surface area contributed by atoms with E-state index in [1.54, 1.807) is 23.2 Å². The Morgan fingerprint density at radius 3 is 3.20 bits per heavy atom. The fourth-order valence-electron chi connectivity index (χ4n) is 0.814. The maximum atomic E-state index is 4.03. The molecule has 0 unspecified atom stereocenters. The average Bonchev–Trinajstić information content (AvgIpc) is 2.34. The van der Waals surface area contributed by atoms with Gasteiger partial charge in [0.05, 0.1) is 16.2 Å². The minimum Gasteiger partial charge on any atom is -0.245 e. The second kappa shape index (κ2) is 2.05. The van der Waals surface area contributed by atoms with Gasteiger partial charge < -0.3 is 0 Å². The molecular weight excluding hydrogens is 194 g/mol. The Labute approximate surface area is 65.8 Å². The van der Waals surface area contributed by atoms with Crippen molar-refractivity contribution in [2.24, 2.45) is 0 Å². The van der Waals surface area contributed by atoms with Gasteiger partial charge in [-0.05, 0) is 22.0 Å². The van der Waals surface area contributed by atoms with Crippen LogP contribution in [0, 0.1) is 0 Å². The third kappa shape index (κ3) is 0.724. The molecule has 0 aromatic carbocycles. The van der Waals surface area contributed by atoms with Gasteiger partial charge in [-0.25, -0.2) is 9.50 Å². The van der Waals surface area contributed by atoms with Gasteiger partial charge in [0, 0.05) is 6.20 Å². The van der Waals surface area contributed by atoms with Crippen LogP contribution in [0.3, 0.4) is 0 Å². The van der Waals surface area contributed by atoms with Crippen LogP contribution in [0.1, 0.15) is 0 Å². The van der Waals surface area contributed by atoms with E-state index in [4.69, 9.17) is 0 Å². The SMILES string of the molecule is Brc1cnn2cnccc12. The third-order valence-corrected chi connectivity index (χ3v) is 1.89. The van der Waals surface area contributed by atoms with Crippen molar-refractivity contribution in [1.82, 2.24) is 14.6 Å². The molecule has 0 saturated carbocycles. The van der Waals surface area contributed by atoms with Gasteiger partial charge in [-0.15, -0.1) is 0 Å². The van der Waals surface area contributed by atoms with E-state index in [0.29, 0.717) is 0 Å². The van der Waals surface area contributed by atoms with Gasteiger partial charge in [0.1, 0.15) is 6.33 Å². The molecule has 0 atom stereocenters. The summed E-state index contributed by atoms with van der Waals surface area (Å²) in [5.74, 6) is 0. The van der Waals surface area contributed by atoms with Crippen LogP contribution in [-0.2, 0) is 0 Å². The Morgan fingerprint density at radius 2 is 2.40 bits per heavy atom. The highest BCUT2D eigenvalue weighted by molar-refractivity contribution is 9.10. The van der Waals surface area contributed by atoms with Crippen molar-refractivity contribution in [3.05, 3.63) is 29.3 Å². The Balaban J connectivity index is 2.93. The quantitative estimate of drug-likeness (QED) is 0.641. The van der Waals surface area contributed by atoms with Crippen LogP contribution in [-0.4, -0.2) is 14.6 Å².